The van der Waals surface area contributed by atoms with Crippen LogP contribution in [0.5, 0.6) is 0 Å². The van der Waals surface area contributed by atoms with Gasteiger partial charge in [-0.1, -0.05) is 48.5 Å². The summed E-state index contributed by atoms with van der Waals surface area (Å²) in [6.07, 6.45) is 4.52. The van der Waals surface area contributed by atoms with Crippen LogP contribution >= 0.6 is 17.0 Å². The van der Waals surface area contributed by atoms with E-state index in [-0.39, 0.29) is 0 Å². The van der Waals surface area contributed by atoms with Crippen LogP contribution in [0.4, 0.5) is 0 Å². The van der Waals surface area contributed by atoms with Crippen molar-refractivity contribution in [3.8, 4) is 11.1 Å². The van der Waals surface area contributed by atoms with Gasteiger partial charge in [0.1, 0.15) is 11.5 Å². The van der Waals surface area contributed by atoms with E-state index in [0.717, 1.165) is 17.1 Å². The Morgan fingerprint density at radius 2 is 1.60 bits per heavy atom. The third-order valence-electron chi connectivity index (χ3n) is 5.61. The van der Waals surface area contributed by atoms with Crippen molar-refractivity contribution >= 4 is 39.4 Å². The van der Waals surface area contributed by atoms with Gasteiger partial charge in [-0.2, -0.15) is 0 Å². The molecule has 5 rings (SSSR count). The van der Waals surface area contributed by atoms with E-state index in [1.54, 1.807) is 0 Å². The molecule has 0 bridgehead atoms. The Balaban J connectivity index is 0.000000687. The summed E-state index contributed by atoms with van der Waals surface area (Å²) in [5.41, 5.74) is 8.99. The molecule has 30 heavy (non-hydrogen) atoms. The number of hydrogen-bond donors (Lipinski definition) is 0. The van der Waals surface area contributed by atoms with Gasteiger partial charge in [-0.05, 0) is 83.1 Å². The summed E-state index contributed by atoms with van der Waals surface area (Å²) in [6, 6.07) is 21.6. The van der Waals surface area contributed by atoms with Gasteiger partial charge in [0.05, 0.1) is 0 Å². The van der Waals surface area contributed by atoms with Crippen LogP contribution in [0.2, 0.25) is 0 Å². The molecule has 0 atom stereocenters. The van der Waals surface area contributed by atoms with Gasteiger partial charge in [0.15, 0.2) is 0 Å². The van der Waals surface area contributed by atoms with Gasteiger partial charge < -0.3 is 4.42 Å². The zero-order valence-electron chi connectivity index (χ0n) is 17.1. The molecule has 3 aromatic carbocycles. The number of aryl methyl sites for hydroxylation is 2. The van der Waals surface area contributed by atoms with Crippen molar-refractivity contribution in [3.05, 3.63) is 101 Å². The fourth-order valence-corrected chi connectivity index (χ4v) is 4.12. The Hall–Kier alpha value is -1.60. The summed E-state index contributed by atoms with van der Waals surface area (Å²) in [4.78, 5) is 0. The molecule has 149 valence electrons. The van der Waals surface area contributed by atoms with E-state index < -0.39 is 20.8 Å². The summed E-state index contributed by atoms with van der Waals surface area (Å²) in [5, 5.41) is 2.57. The van der Waals surface area contributed by atoms with E-state index in [9.17, 15) is 0 Å². The number of halogens is 2. The van der Waals surface area contributed by atoms with Gasteiger partial charge in [0.25, 0.3) is 0 Å². The van der Waals surface area contributed by atoms with E-state index in [0.29, 0.717) is 0 Å². The van der Waals surface area contributed by atoms with Gasteiger partial charge in [-0.3, -0.25) is 0 Å². The molecule has 1 radical (unpaired) electrons. The van der Waals surface area contributed by atoms with Gasteiger partial charge in [0, 0.05) is 12.0 Å². The van der Waals surface area contributed by atoms with Gasteiger partial charge in [-0.15, -0.1) is 0 Å². The molecule has 0 N–H and O–H groups in total. The van der Waals surface area contributed by atoms with Crippen LogP contribution in [0, 0.1) is 27.2 Å². The van der Waals surface area contributed by atoms with E-state index >= 15 is 0 Å². The molecule has 1 nitrogen and oxygen atoms in total. The van der Waals surface area contributed by atoms with Crippen molar-refractivity contribution < 1.29 is 25.3 Å². The fourth-order valence-electron chi connectivity index (χ4n) is 4.12. The SMILES string of the molecule is Cc1ccc(C2=Cc3c(cc(C)c(C)c3-c3cccc4ccccc34)[CH]2)o1.[Cl][Zr][Cl]. The van der Waals surface area contributed by atoms with Gasteiger partial charge in [0.2, 0.25) is 0 Å². The Bertz CT molecular complexity index is 1250. The molecule has 0 saturated carbocycles. The molecular formula is C26H21Cl2OZr. The first kappa shape index (κ1) is 21.6. The molecule has 1 heterocycles. The van der Waals surface area contributed by atoms with E-state index in [1.807, 2.05) is 13.0 Å². The van der Waals surface area contributed by atoms with Crippen molar-refractivity contribution in [3.63, 3.8) is 0 Å². The second-order valence-corrected chi connectivity index (χ2v) is 11.2. The molecule has 0 amide bonds. The second-order valence-electron chi connectivity index (χ2n) is 7.45. The van der Waals surface area contributed by atoms with Gasteiger partial charge >= 0.3 is 37.9 Å². The molecule has 0 saturated heterocycles. The maximum absolute atomic E-state index is 5.88. The molecule has 0 fully saturated rings. The van der Waals surface area contributed by atoms with Crippen LogP contribution < -0.4 is 0 Å². The monoisotopic (exact) mass is 509 g/mol. The van der Waals surface area contributed by atoms with Crippen molar-refractivity contribution in [1.82, 2.24) is 0 Å². The van der Waals surface area contributed by atoms with Crippen LogP contribution in [0.1, 0.15) is 33.8 Å². The van der Waals surface area contributed by atoms with Crippen LogP contribution in [-0.2, 0) is 20.8 Å². The molecule has 0 unspecified atom stereocenters. The molecule has 0 aliphatic heterocycles. The summed E-state index contributed by atoms with van der Waals surface area (Å²) >= 11 is -0.826. The summed E-state index contributed by atoms with van der Waals surface area (Å²) < 4.78 is 5.88. The van der Waals surface area contributed by atoms with E-state index in [1.165, 1.54) is 44.2 Å². The Kier molecular flexibility index (Phi) is 6.68. The third-order valence-corrected chi connectivity index (χ3v) is 5.61. The first-order chi connectivity index (χ1) is 14.5. The predicted molar refractivity (Wildman–Crippen MR) is 125 cm³/mol. The first-order valence-electron chi connectivity index (χ1n) is 9.75. The summed E-state index contributed by atoms with van der Waals surface area (Å²) in [7, 11) is 9.87. The molecule has 1 aliphatic rings. The number of hydrogen-bond acceptors (Lipinski definition) is 1. The molecule has 1 aliphatic carbocycles. The topological polar surface area (TPSA) is 13.1 Å². The summed E-state index contributed by atoms with van der Waals surface area (Å²) in [6.45, 7) is 6.42. The van der Waals surface area contributed by atoms with Crippen LogP contribution in [0.3, 0.4) is 0 Å². The van der Waals surface area contributed by atoms with E-state index in [2.05, 4.69) is 80.9 Å². The quantitative estimate of drug-likeness (QED) is 0.263. The normalized spacial score (nSPS) is 12.2. The average molecular weight is 512 g/mol. The molecular weight excluding hydrogens is 490 g/mol. The number of furan rings is 1. The first-order valence-corrected chi connectivity index (χ1v) is 16.1. The van der Waals surface area contributed by atoms with Crippen molar-refractivity contribution in [2.45, 2.75) is 20.8 Å². The van der Waals surface area contributed by atoms with Gasteiger partial charge in [-0.25, -0.2) is 0 Å². The minimum absolute atomic E-state index is 0.826. The van der Waals surface area contributed by atoms with Crippen LogP contribution in [0.25, 0.3) is 33.5 Å². The minimum atomic E-state index is -0.826. The predicted octanol–water partition coefficient (Wildman–Crippen LogP) is 8.51. The number of benzene rings is 3. The number of allylic oxidation sites excluding steroid dienone is 1. The van der Waals surface area contributed by atoms with Crippen LogP contribution in [-0.4, -0.2) is 0 Å². The Morgan fingerprint density at radius 1 is 0.867 bits per heavy atom. The zero-order chi connectivity index (χ0) is 21.3. The summed E-state index contributed by atoms with van der Waals surface area (Å²) in [5.74, 6) is 1.87. The van der Waals surface area contributed by atoms with Crippen LogP contribution in [0.15, 0.2) is 65.1 Å². The van der Waals surface area contributed by atoms with Crippen molar-refractivity contribution in [2.75, 3.05) is 0 Å². The zero-order valence-corrected chi connectivity index (χ0v) is 21.1. The molecule has 0 spiro atoms. The number of rotatable bonds is 2. The third kappa shape index (κ3) is 4.11. The van der Waals surface area contributed by atoms with E-state index in [4.69, 9.17) is 21.4 Å². The molecule has 4 aromatic rings. The molecule has 4 heteroatoms. The van der Waals surface area contributed by atoms with Crippen molar-refractivity contribution in [1.29, 1.82) is 0 Å². The Morgan fingerprint density at radius 3 is 2.33 bits per heavy atom. The fraction of sp³-hybridized carbons (Fsp3) is 0.115. The second kappa shape index (κ2) is 9.27. The number of fused-ring (bicyclic) bond motifs is 2. The maximum atomic E-state index is 5.88. The standard InChI is InChI=1S/C26H21O.2ClH.Zr/c1-16-13-20-14-21(25-12-11-17(2)27-25)15-24(20)26(18(16)3)23-10-6-8-19-7-4-5-9-22(19)23;;;/h4-15H,1-3H3;2*1H;/q;;;+2/p-2. The average Bonchev–Trinajstić information content (AvgIpc) is 3.35. The van der Waals surface area contributed by atoms with Crippen molar-refractivity contribution in [2.24, 2.45) is 0 Å². The Labute approximate surface area is 196 Å². The molecule has 1 aromatic heterocycles.